The molecule has 0 unspecified atom stereocenters. The topological polar surface area (TPSA) is 86.7 Å². The minimum Gasteiger partial charge on any atom is -0.266 e. The molecule has 0 amide bonds. The lowest BCUT2D eigenvalue weighted by molar-refractivity contribution is 0.0259. The maximum atomic E-state index is 13.4. The Bertz CT molecular complexity index is 545. The Balaban J connectivity index is 4.36. The van der Waals surface area contributed by atoms with Crippen LogP contribution in [0.5, 0.6) is 0 Å². The van der Waals surface area contributed by atoms with E-state index in [0.29, 0.717) is 0 Å². The maximum Gasteiger partial charge on any atom is 0.372 e. The van der Waals surface area contributed by atoms with Gasteiger partial charge in [-0.1, -0.05) is 27.7 Å². The second-order valence-corrected chi connectivity index (χ2v) is 9.07. The van der Waals surface area contributed by atoms with Crippen LogP contribution >= 0.6 is 0 Å². The molecule has 0 aliphatic rings. The van der Waals surface area contributed by atoms with Crippen LogP contribution < -0.4 is 0 Å². The molecule has 24 heavy (non-hydrogen) atoms. The molecule has 0 atom stereocenters. The first kappa shape index (κ1) is 23.5. The van der Waals surface area contributed by atoms with Crippen molar-refractivity contribution in [3.8, 4) is 0 Å². The van der Waals surface area contributed by atoms with Crippen LogP contribution in [0, 0.1) is 11.8 Å². The van der Waals surface area contributed by atoms with Crippen molar-refractivity contribution in [3.63, 3.8) is 0 Å². The molecule has 6 nitrogen and oxygen atoms in total. The first-order valence-corrected chi connectivity index (χ1v) is 9.94. The average molecular weight is 402 g/mol. The number of alkyl halides is 4. The van der Waals surface area contributed by atoms with Gasteiger partial charge < -0.3 is 0 Å². The van der Waals surface area contributed by atoms with Gasteiger partial charge in [0.1, 0.15) is 0 Å². The minimum atomic E-state index is -5.12. The van der Waals surface area contributed by atoms with E-state index in [9.17, 15) is 34.4 Å². The second-order valence-electron chi connectivity index (χ2n) is 5.69. The Morgan fingerprint density at radius 3 is 1.17 bits per heavy atom. The molecular weight excluding hydrogens is 380 g/mol. The van der Waals surface area contributed by atoms with Crippen LogP contribution in [0.4, 0.5) is 17.6 Å². The van der Waals surface area contributed by atoms with Crippen LogP contribution in [0.25, 0.3) is 0 Å². The monoisotopic (exact) mass is 402 g/mol. The lowest BCUT2D eigenvalue weighted by Gasteiger charge is -2.20. The van der Waals surface area contributed by atoms with E-state index in [1.165, 1.54) is 0 Å². The third-order valence-electron chi connectivity index (χ3n) is 3.03. The van der Waals surface area contributed by atoms with Crippen LogP contribution in [-0.2, 0) is 28.6 Å². The molecule has 0 aromatic heterocycles. The number of unbranched alkanes of at least 4 members (excludes halogenated alkanes) is 1. The predicted molar refractivity (Wildman–Crippen MR) is 78.5 cm³/mol. The van der Waals surface area contributed by atoms with Crippen LogP contribution in [0.3, 0.4) is 0 Å². The predicted octanol–water partition coefficient (Wildman–Crippen LogP) is 2.96. The van der Waals surface area contributed by atoms with Crippen molar-refractivity contribution in [2.45, 2.75) is 51.0 Å². The van der Waals surface area contributed by atoms with E-state index in [-0.39, 0.29) is 12.8 Å². The molecule has 0 radical (unpaired) electrons. The molecule has 0 rings (SSSR count). The minimum absolute atomic E-state index is 0.170. The summed E-state index contributed by atoms with van der Waals surface area (Å²) in [6.45, 7) is 2.75. The molecule has 0 heterocycles. The molecule has 0 saturated heterocycles. The fourth-order valence-corrected chi connectivity index (χ4v) is 3.42. The molecule has 0 bridgehead atoms. The Hall–Kier alpha value is -0.460. The van der Waals surface area contributed by atoms with Gasteiger partial charge >= 0.3 is 30.7 Å². The third kappa shape index (κ3) is 5.53. The van der Waals surface area contributed by atoms with E-state index < -0.39 is 55.8 Å². The van der Waals surface area contributed by atoms with Gasteiger partial charge in [-0.2, -0.15) is 34.4 Å². The summed E-state index contributed by atoms with van der Waals surface area (Å²) in [5, 5.41) is -8.13. The summed E-state index contributed by atoms with van der Waals surface area (Å²) in [6.07, 6.45) is -0.341. The quantitative estimate of drug-likeness (QED) is 0.300. The van der Waals surface area contributed by atoms with Crippen molar-refractivity contribution in [2.24, 2.45) is 11.8 Å². The summed E-state index contributed by atoms with van der Waals surface area (Å²) >= 11 is 0. The maximum absolute atomic E-state index is 13.4. The number of rotatable bonds is 11. The molecule has 146 valence electrons. The van der Waals surface area contributed by atoms with E-state index in [4.69, 9.17) is 0 Å². The van der Waals surface area contributed by atoms with Gasteiger partial charge in [0.05, 0.1) is 13.2 Å². The lowest BCUT2D eigenvalue weighted by atomic mass is 10.2. The molecule has 0 spiro atoms. The first-order valence-electron chi connectivity index (χ1n) is 7.13. The Morgan fingerprint density at radius 2 is 0.958 bits per heavy atom. The first-order chi connectivity index (χ1) is 10.6. The molecule has 12 heteroatoms. The zero-order valence-electron chi connectivity index (χ0n) is 13.8. The molecular formula is C12H22F4O6S2. The molecule has 0 aliphatic carbocycles. The van der Waals surface area contributed by atoms with E-state index >= 15 is 0 Å². The molecule has 0 aliphatic heterocycles. The fraction of sp³-hybridized carbons (Fsp3) is 1.00. The Labute approximate surface area is 139 Å². The van der Waals surface area contributed by atoms with E-state index in [1.54, 1.807) is 0 Å². The standard InChI is InChI=1S/C12H22F4O6S2/c1-9(2)11(13,14)23(17,18)21-7-5-6-8-22-24(19,20)12(15,16)10(3)4/h9-10H,5-8H2,1-4H3. The molecule has 0 N–H and O–H groups in total. The van der Waals surface area contributed by atoms with Gasteiger partial charge in [-0.25, -0.2) is 0 Å². The molecule has 0 saturated carbocycles. The summed E-state index contributed by atoms with van der Waals surface area (Å²) in [5.41, 5.74) is 0. The highest BCUT2D eigenvalue weighted by Gasteiger charge is 2.50. The van der Waals surface area contributed by atoms with Crippen molar-refractivity contribution >= 4 is 20.2 Å². The summed E-state index contributed by atoms with van der Waals surface area (Å²) in [4.78, 5) is 0. The van der Waals surface area contributed by atoms with Crippen molar-refractivity contribution in [1.29, 1.82) is 0 Å². The number of hydrogen-bond donors (Lipinski definition) is 0. The van der Waals surface area contributed by atoms with Crippen molar-refractivity contribution in [1.82, 2.24) is 0 Å². The highest BCUT2D eigenvalue weighted by molar-refractivity contribution is 7.88. The molecule has 0 aromatic rings. The number of halogens is 4. The van der Waals surface area contributed by atoms with Crippen molar-refractivity contribution in [2.75, 3.05) is 13.2 Å². The van der Waals surface area contributed by atoms with Gasteiger partial charge in [0.2, 0.25) is 0 Å². The van der Waals surface area contributed by atoms with E-state index in [0.717, 1.165) is 27.7 Å². The van der Waals surface area contributed by atoms with Gasteiger partial charge in [0.15, 0.2) is 0 Å². The Kier molecular flexibility index (Phi) is 8.12. The average Bonchev–Trinajstić information content (AvgIpc) is 2.41. The second kappa shape index (κ2) is 8.28. The smallest absolute Gasteiger partial charge is 0.266 e. The zero-order chi connectivity index (χ0) is 19.4. The van der Waals surface area contributed by atoms with Gasteiger partial charge in [0.25, 0.3) is 0 Å². The van der Waals surface area contributed by atoms with E-state index in [2.05, 4.69) is 8.37 Å². The summed E-state index contributed by atoms with van der Waals surface area (Å²) in [5.74, 6) is -2.98. The van der Waals surface area contributed by atoms with Gasteiger partial charge in [-0.05, 0) is 12.8 Å². The lowest BCUT2D eigenvalue weighted by Crippen LogP contribution is -2.36. The van der Waals surface area contributed by atoms with Gasteiger partial charge in [-0.15, -0.1) is 0 Å². The normalized spacial score (nSPS) is 14.6. The Morgan fingerprint density at radius 1 is 0.708 bits per heavy atom. The van der Waals surface area contributed by atoms with Crippen molar-refractivity contribution < 1.29 is 42.8 Å². The summed E-state index contributed by atoms with van der Waals surface area (Å²) in [6, 6.07) is 0. The largest absolute Gasteiger partial charge is 0.372 e. The summed E-state index contributed by atoms with van der Waals surface area (Å²) in [7, 11) is -10.2. The van der Waals surface area contributed by atoms with Crippen LogP contribution in [0.1, 0.15) is 40.5 Å². The zero-order valence-corrected chi connectivity index (χ0v) is 15.4. The molecule has 0 fully saturated rings. The molecule has 0 aromatic carbocycles. The van der Waals surface area contributed by atoms with Gasteiger partial charge in [-0.3, -0.25) is 8.37 Å². The SMILES string of the molecule is CC(C)C(F)(F)S(=O)(=O)OCCCCOS(=O)(=O)C(F)(F)C(C)C. The highest BCUT2D eigenvalue weighted by atomic mass is 32.2. The fourth-order valence-electron chi connectivity index (χ4n) is 1.28. The van der Waals surface area contributed by atoms with Crippen molar-refractivity contribution in [3.05, 3.63) is 0 Å². The number of hydrogen-bond acceptors (Lipinski definition) is 6. The van der Waals surface area contributed by atoms with Gasteiger partial charge in [0, 0.05) is 11.8 Å². The van der Waals surface area contributed by atoms with Crippen LogP contribution in [0.15, 0.2) is 0 Å². The third-order valence-corrected chi connectivity index (χ3v) is 6.26. The van der Waals surface area contributed by atoms with Crippen LogP contribution in [-0.4, -0.2) is 40.6 Å². The van der Waals surface area contributed by atoms with E-state index in [1.807, 2.05) is 0 Å². The highest BCUT2D eigenvalue weighted by Crippen LogP contribution is 2.32. The summed E-state index contributed by atoms with van der Waals surface area (Å²) < 4.78 is 107. The van der Waals surface area contributed by atoms with Crippen LogP contribution in [0.2, 0.25) is 0 Å².